The van der Waals surface area contributed by atoms with E-state index in [1.54, 1.807) is 0 Å². The minimum absolute atomic E-state index is 0.0695. The zero-order chi connectivity index (χ0) is 18.0. The molecule has 3 rings (SSSR count). The van der Waals surface area contributed by atoms with Crippen molar-refractivity contribution in [2.75, 3.05) is 11.1 Å². The number of nitrogens with one attached hydrogen (secondary N) is 1. The Morgan fingerprint density at radius 3 is 2.60 bits per heavy atom. The van der Waals surface area contributed by atoms with Crippen molar-refractivity contribution in [1.82, 2.24) is 14.8 Å². The van der Waals surface area contributed by atoms with Crippen LogP contribution in [0.25, 0.3) is 0 Å². The third-order valence-electron chi connectivity index (χ3n) is 4.01. The van der Waals surface area contributed by atoms with E-state index in [9.17, 15) is 4.79 Å². The molecule has 0 radical (unpaired) electrons. The van der Waals surface area contributed by atoms with Crippen LogP contribution in [0.1, 0.15) is 35.8 Å². The molecule has 0 bridgehead atoms. The number of anilines is 1. The zero-order valence-electron chi connectivity index (χ0n) is 14.4. The summed E-state index contributed by atoms with van der Waals surface area (Å²) < 4.78 is 2.13. The van der Waals surface area contributed by atoms with E-state index in [1.165, 1.54) is 11.8 Å². The Morgan fingerprint density at radius 2 is 2.00 bits per heavy atom. The second-order valence-electron chi connectivity index (χ2n) is 6.09. The van der Waals surface area contributed by atoms with Crippen LogP contribution in [0.3, 0.4) is 0 Å². The second kappa shape index (κ2) is 7.50. The lowest BCUT2D eigenvalue weighted by molar-refractivity contribution is -0.113. The number of hydrogen-bond donors (Lipinski definition) is 1. The third kappa shape index (κ3) is 4.17. The van der Waals surface area contributed by atoms with E-state index in [-0.39, 0.29) is 5.91 Å². The van der Waals surface area contributed by atoms with Crippen molar-refractivity contribution in [3.05, 3.63) is 29.1 Å². The molecule has 1 aromatic carbocycles. The van der Waals surface area contributed by atoms with Crippen molar-refractivity contribution in [3.63, 3.8) is 0 Å². The molecule has 1 amide bonds. The number of thioether (sulfide) groups is 2. The van der Waals surface area contributed by atoms with Crippen LogP contribution in [0.4, 0.5) is 5.69 Å². The second-order valence-corrected chi connectivity index (χ2v) is 7.89. The normalized spacial score (nSPS) is 13.5. The van der Waals surface area contributed by atoms with Crippen LogP contribution < -0.4 is 5.32 Å². The van der Waals surface area contributed by atoms with E-state index in [1.807, 2.05) is 32.9 Å². The largest absolute Gasteiger partial charge is 0.325 e. The van der Waals surface area contributed by atoms with E-state index in [2.05, 4.69) is 25.5 Å². The van der Waals surface area contributed by atoms with Crippen molar-refractivity contribution in [2.24, 2.45) is 0 Å². The fraction of sp³-hybridized carbons (Fsp3) is 0.412. The summed E-state index contributed by atoms with van der Waals surface area (Å²) in [5.74, 6) is 1.13. The van der Waals surface area contributed by atoms with Crippen molar-refractivity contribution in [1.29, 1.82) is 5.26 Å². The van der Waals surface area contributed by atoms with Crippen LogP contribution in [0.2, 0.25) is 0 Å². The minimum atomic E-state index is -0.0695. The number of carbonyl (C=O) groups excluding carboxylic acids is 1. The van der Waals surface area contributed by atoms with Gasteiger partial charge in [0.2, 0.25) is 5.91 Å². The van der Waals surface area contributed by atoms with Gasteiger partial charge in [-0.1, -0.05) is 11.8 Å². The Morgan fingerprint density at radius 1 is 1.32 bits per heavy atom. The number of benzene rings is 1. The third-order valence-corrected chi connectivity index (χ3v) is 5.52. The van der Waals surface area contributed by atoms with Crippen LogP contribution in [0, 0.1) is 31.4 Å². The summed E-state index contributed by atoms with van der Waals surface area (Å²) in [5.41, 5.74) is 2.72. The highest BCUT2D eigenvalue weighted by atomic mass is 32.2. The first-order valence-electron chi connectivity index (χ1n) is 8.01. The molecule has 1 saturated carbocycles. The summed E-state index contributed by atoms with van der Waals surface area (Å²) in [6.45, 7) is 5.82. The topological polar surface area (TPSA) is 83.6 Å². The highest BCUT2D eigenvalue weighted by Gasteiger charge is 2.28. The van der Waals surface area contributed by atoms with Gasteiger partial charge in [0.1, 0.15) is 11.2 Å². The van der Waals surface area contributed by atoms with E-state index in [4.69, 9.17) is 5.26 Å². The Bertz CT molecular complexity index is 828. The number of aromatic nitrogens is 3. The molecular weight excluding hydrogens is 354 g/mol. The Kier molecular flexibility index (Phi) is 5.35. The van der Waals surface area contributed by atoms with Gasteiger partial charge in [-0.25, -0.2) is 0 Å². The van der Waals surface area contributed by atoms with Crippen LogP contribution in [0.15, 0.2) is 22.2 Å². The van der Waals surface area contributed by atoms with Gasteiger partial charge in [-0.05, 0) is 68.6 Å². The molecule has 8 heteroatoms. The molecule has 1 N–H and O–H groups in total. The van der Waals surface area contributed by atoms with Crippen LogP contribution >= 0.6 is 23.5 Å². The van der Waals surface area contributed by atoms with Gasteiger partial charge in [0.25, 0.3) is 0 Å². The molecule has 1 aromatic heterocycles. The van der Waals surface area contributed by atoms with Crippen LogP contribution in [-0.4, -0.2) is 26.4 Å². The van der Waals surface area contributed by atoms with Crippen molar-refractivity contribution >= 4 is 35.1 Å². The summed E-state index contributed by atoms with van der Waals surface area (Å²) >= 11 is 2.54. The molecule has 0 saturated heterocycles. The SMILES string of the molecule is Cc1cc(SC#N)cc(C)c1NC(=O)CSc1nnc(C)n1C1CC1. The predicted octanol–water partition coefficient (Wildman–Crippen LogP) is 3.84. The zero-order valence-corrected chi connectivity index (χ0v) is 16.0. The van der Waals surface area contributed by atoms with Gasteiger partial charge in [0.05, 0.1) is 5.75 Å². The fourth-order valence-electron chi connectivity index (χ4n) is 2.74. The summed E-state index contributed by atoms with van der Waals surface area (Å²) in [6.07, 6.45) is 2.31. The molecule has 0 unspecified atom stereocenters. The van der Waals surface area contributed by atoms with Crippen LogP contribution in [0.5, 0.6) is 0 Å². The molecule has 0 spiro atoms. The first-order valence-corrected chi connectivity index (χ1v) is 9.81. The van der Waals surface area contributed by atoms with Crippen LogP contribution in [-0.2, 0) is 4.79 Å². The van der Waals surface area contributed by atoms with E-state index >= 15 is 0 Å². The number of hydrogen-bond acceptors (Lipinski definition) is 6. The highest BCUT2D eigenvalue weighted by Crippen LogP contribution is 2.38. The van der Waals surface area contributed by atoms with E-state index in [0.717, 1.165) is 57.3 Å². The Labute approximate surface area is 155 Å². The van der Waals surface area contributed by atoms with E-state index < -0.39 is 0 Å². The molecule has 1 aliphatic rings. The lowest BCUT2D eigenvalue weighted by Crippen LogP contribution is -2.16. The molecule has 0 aliphatic heterocycles. The smallest absolute Gasteiger partial charge is 0.234 e. The monoisotopic (exact) mass is 373 g/mol. The molecule has 1 aliphatic carbocycles. The summed E-state index contributed by atoms with van der Waals surface area (Å²) in [4.78, 5) is 13.2. The van der Waals surface area contributed by atoms with Gasteiger partial charge in [0, 0.05) is 16.6 Å². The molecule has 6 nitrogen and oxygen atoms in total. The average molecular weight is 374 g/mol. The first kappa shape index (κ1) is 17.8. The first-order chi connectivity index (χ1) is 12.0. The molecule has 0 atom stereocenters. The van der Waals surface area contributed by atoms with Gasteiger partial charge in [-0.3, -0.25) is 4.79 Å². The van der Waals surface area contributed by atoms with Gasteiger partial charge >= 0.3 is 0 Å². The molecule has 25 heavy (non-hydrogen) atoms. The molecule has 1 fully saturated rings. The van der Waals surface area contributed by atoms with Crippen molar-refractivity contribution < 1.29 is 4.79 Å². The molecular formula is C17H19N5OS2. The number of amides is 1. The summed E-state index contributed by atoms with van der Waals surface area (Å²) in [5, 5.41) is 23.0. The highest BCUT2D eigenvalue weighted by molar-refractivity contribution is 8.03. The molecule has 130 valence electrons. The van der Waals surface area contributed by atoms with Gasteiger partial charge in [-0.15, -0.1) is 10.2 Å². The number of nitriles is 1. The maximum absolute atomic E-state index is 12.4. The predicted molar refractivity (Wildman–Crippen MR) is 99.8 cm³/mol. The number of thiocyanates is 1. The quantitative estimate of drug-likeness (QED) is 0.612. The standard InChI is InChI=1S/C17H19N5OS2/c1-10-6-14(25-9-18)7-11(2)16(10)19-15(23)8-24-17-21-20-12(3)22(17)13-4-5-13/h6-7,13H,4-5,8H2,1-3H3,(H,19,23). The number of rotatable bonds is 6. The maximum atomic E-state index is 12.4. The summed E-state index contributed by atoms with van der Waals surface area (Å²) in [6, 6.07) is 4.32. The number of carbonyl (C=O) groups is 1. The van der Waals surface area contributed by atoms with Gasteiger partial charge in [0.15, 0.2) is 5.16 Å². The molecule has 1 heterocycles. The fourth-order valence-corrected chi connectivity index (χ4v) is 4.17. The Hall–Kier alpha value is -1.98. The minimum Gasteiger partial charge on any atom is -0.325 e. The van der Waals surface area contributed by atoms with E-state index in [0.29, 0.717) is 11.8 Å². The number of nitrogens with zero attached hydrogens (tertiary/aromatic N) is 4. The van der Waals surface area contributed by atoms with Crippen molar-refractivity contribution in [3.8, 4) is 5.40 Å². The van der Waals surface area contributed by atoms with Gasteiger partial charge in [-0.2, -0.15) is 5.26 Å². The Balaban J connectivity index is 1.64. The maximum Gasteiger partial charge on any atom is 0.234 e. The lowest BCUT2D eigenvalue weighted by atomic mass is 10.1. The number of aryl methyl sites for hydroxylation is 3. The summed E-state index contributed by atoms with van der Waals surface area (Å²) in [7, 11) is 0. The van der Waals surface area contributed by atoms with Crippen molar-refractivity contribution in [2.45, 2.75) is 49.7 Å². The van der Waals surface area contributed by atoms with Gasteiger partial charge < -0.3 is 9.88 Å². The average Bonchev–Trinajstić information content (AvgIpc) is 3.32. The molecule has 2 aromatic rings. The lowest BCUT2D eigenvalue weighted by Gasteiger charge is -2.13.